The van der Waals surface area contributed by atoms with Crippen molar-refractivity contribution in [2.45, 2.75) is 19.9 Å². The van der Waals surface area contributed by atoms with Crippen LogP contribution in [0.15, 0.2) is 48.5 Å². The van der Waals surface area contributed by atoms with E-state index < -0.39 is 12.6 Å². The number of nitrogens with one attached hydrogen (secondary N) is 1. The number of hydrogen-bond acceptors (Lipinski definition) is 6. The summed E-state index contributed by atoms with van der Waals surface area (Å²) in [5.41, 5.74) is 1.73. The number of Topliss-reactive ketones (excluding diaryl/α,β-unsaturated/α-hetero) is 1. The summed E-state index contributed by atoms with van der Waals surface area (Å²) in [5, 5.41) is 2.67. The molecule has 1 heterocycles. The Kier molecular flexibility index (Phi) is 6.79. The van der Waals surface area contributed by atoms with E-state index in [1.54, 1.807) is 48.5 Å². The number of rotatable bonds is 7. The van der Waals surface area contributed by atoms with Crippen LogP contribution in [-0.4, -0.2) is 43.3 Å². The van der Waals surface area contributed by atoms with Crippen LogP contribution in [0.1, 0.15) is 29.3 Å². The maximum Gasteiger partial charge on any atom is 0.326 e. The summed E-state index contributed by atoms with van der Waals surface area (Å²) >= 11 is 0. The molecule has 8 heteroatoms. The normalized spacial score (nSPS) is 13.0. The molecule has 3 rings (SSSR count). The molecule has 0 aromatic heterocycles. The quantitative estimate of drug-likeness (QED) is 0.552. The first kappa shape index (κ1) is 21.0. The molecule has 0 saturated carbocycles. The Labute approximate surface area is 173 Å². The predicted molar refractivity (Wildman–Crippen MR) is 108 cm³/mol. The van der Waals surface area contributed by atoms with Gasteiger partial charge in [-0.25, -0.2) is 0 Å². The first-order valence-electron chi connectivity index (χ1n) is 9.48. The molecule has 1 aliphatic rings. The number of nitrogens with zero attached hydrogens (tertiary/aromatic N) is 1. The lowest BCUT2D eigenvalue weighted by Crippen LogP contribution is -2.36. The summed E-state index contributed by atoms with van der Waals surface area (Å²) in [6.45, 7) is 1.30. The molecule has 8 nitrogen and oxygen atoms in total. The Morgan fingerprint density at radius 3 is 2.57 bits per heavy atom. The van der Waals surface area contributed by atoms with Crippen molar-refractivity contribution < 1.29 is 28.7 Å². The zero-order valence-corrected chi connectivity index (χ0v) is 16.6. The highest BCUT2D eigenvalue weighted by Crippen LogP contribution is 2.30. The summed E-state index contributed by atoms with van der Waals surface area (Å²) in [6.07, 6.45) is 0.145. The van der Waals surface area contributed by atoms with Crippen LogP contribution in [0, 0.1) is 0 Å². The SMILES string of the molecule is CC(=O)NCc1ccc(C(=O)COC(=O)CN2C(=O)CCOc3ccccc32)cc1. The maximum absolute atomic E-state index is 12.3. The van der Waals surface area contributed by atoms with Gasteiger partial charge in [0.25, 0.3) is 0 Å². The third kappa shape index (κ3) is 5.44. The number of amides is 2. The van der Waals surface area contributed by atoms with Crippen LogP contribution < -0.4 is 15.0 Å². The van der Waals surface area contributed by atoms with Gasteiger partial charge < -0.3 is 14.8 Å². The molecular formula is C22H22N2O6. The van der Waals surface area contributed by atoms with Crippen LogP contribution in [0.3, 0.4) is 0 Å². The molecule has 2 amide bonds. The molecule has 0 bridgehead atoms. The van der Waals surface area contributed by atoms with E-state index in [1.165, 1.54) is 11.8 Å². The number of anilines is 1. The van der Waals surface area contributed by atoms with Crippen LogP contribution >= 0.6 is 0 Å². The largest absolute Gasteiger partial charge is 0.491 e. The highest BCUT2D eigenvalue weighted by atomic mass is 16.5. The molecule has 0 spiro atoms. The van der Waals surface area contributed by atoms with Crippen LogP contribution in [-0.2, 0) is 25.7 Å². The van der Waals surface area contributed by atoms with Crippen molar-refractivity contribution in [1.82, 2.24) is 5.32 Å². The molecule has 2 aromatic carbocycles. The number of hydrogen-bond donors (Lipinski definition) is 1. The standard InChI is InChI=1S/C22H22N2O6/c1-15(25)23-12-16-6-8-17(9-7-16)19(26)14-30-22(28)13-24-18-4-2-3-5-20(18)29-11-10-21(24)27/h2-9H,10-14H2,1H3,(H,23,25). The second kappa shape index (κ2) is 9.69. The number of ether oxygens (including phenoxy) is 2. The van der Waals surface area contributed by atoms with E-state index in [1.807, 2.05) is 0 Å². The molecule has 156 valence electrons. The third-order valence-corrected chi connectivity index (χ3v) is 4.50. The molecule has 0 unspecified atom stereocenters. The van der Waals surface area contributed by atoms with E-state index in [-0.39, 0.29) is 37.2 Å². The Bertz CT molecular complexity index is 954. The topological polar surface area (TPSA) is 102 Å². The van der Waals surface area contributed by atoms with Crippen molar-refractivity contribution in [2.75, 3.05) is 24.7 Å². The van der Waals surface area contributed by atoms with Crippen molar-refractivity contribution in [3.63, 3.8) is 0 Å². The summed E-state index contributed by atoms with van der Waals surface area (Å²) in [5.74, 6) is -0.917. The smallest absolute Gasteiger partial charge is 0.326 e. The fourth-order valence-corrected chi connectivity index (χ4v) is 2.93. The average Bonchev–Trinajstić information content (AvgIpc) is 2.90. The zero-order chi connectivity index (χ0) is 21.5. The lowest BCUT2D eigenvalue weighted by Gasteiger charge is -2.20. The fourth-order valence-electron chi connectivity index (χ4n) is 2.93. The van der Waals surface area contributed by atoms with Crippen LogP contribution in [0.25, 0.3) is 0 Å². The second-order valence-electron chi connectivity index (χ2n) is 6.74. The van der Waals surface area contributed by atoms with E-state index in [2.05, 4.69) is 5.32 Å². The first-order chi connectivity index (χ1) is 14.4. The van der Waals surface area contributed by atoms with Crippen LogP contribution in [0.4, 0.5) is 5.69 Å². The van der Waals surface area contributed by atoms with E-state index in [9.17, 15) is 19.2 Å². The number of esters is 1. The van der Waals surface area contributed by atoms with Crippen molar-refractivity contribution in [3.05, 3.63) is 59.7 Å². The molecule has 30 heavy (non-hydrogen) atoms. The number of carbonyl (C=O) groups excluding carboxylic acids is 4. The highest BCUT2D eigenvalue weighted by Gasteiger charge is 2.25. The summed E-state index contributed by atoms with van der Waals surface area (Å²) < 4.78 is 10.6. The molecule has 1 N–H and O–H groups in total. The Morgan fingerprint density at radius 2 is 1.83 bits per heavy atom. The van der Waals surface area contributed by atoms with Gasteiger partial charge in [0.2, 0.25) is 11.8 Å². The van der Waals surface area contributed by atoms with E-state index in [4.69, 9.17) is 9.47 Å². The minimum atomic E-state index is -0.685. The first-order valence-corrected chi connectivity index (χ1v) is 9.48. The van der Waals surface area contributed by atoms with E-state index in [0.717, 1.165) is 5.56 Å². The number of benzene rings is 2. The van der Waals surface area contributed by atoms with Gasteiger partial charge in [-0.05, 0) is 17.7 Å². The summed E-state index contributed by atoms with van der Waals surface area (Å²) in [4.78, 5) is 49.2. The lowest BCUT2D eigenvalue weighted by atomic mass is 10.1. The number of fused-ring (bicyclic) bond motifs is 1. The van der Waals surface area contributed by atoms with Gasteiger partial charge in [-0.2, -0.15) is 0 Å². The fraction of sp³-hybridized carbons (Fsp3) is 0.273. The number of para-hydroxylation sites is 2. The third-order valence-electron chi connectivity index (χ3n) is 4.50. The van der Waals surface area contributed by atoms with Gasteiger partial charge in [0.15, 0.2) is 12.4 Å². The van der Waals surface area contributed by atoms with Gasteiger partial charge in [0.1, 0.15) is 12.3 Å². The Morgan fingerprint density at radius 1 is 1.10 bits per heavy atom. The highest BCUT2D eigenvalue weighted by molar-refractivity contribution is 6.01. The van der Waals surface area contributed by atoms with E-state index in [0.29, 0.717) is 23.5 Å². The molecule has 0 saturated heterocycles. The molecule has 0 aliphatic carbocycles. The van der Waals surface area contributed by atoms with Crippen molar-refractivity contribution >= 4 is 29.3 Å². The molecule has 0 fully saturated rings. The number of carbonyl (C=O) groups is 4. The lowest BCUT2D eigenvalue weighted by molar-refractivity contribution is -0.141. The van der Waals surface area contributed by atoms with Crippen molar-refractivity contribution in [2.24, 2.45) is 0 Å². The van der Waals surface area contributed by atoms with Crippen LogP contribution in [0.2, 0.25) is 0 Å². The van der Waals surface area contributed by atoms with Crippen LogP contribution in [0.5, 0.6) is 5.75 Å². The van der Waals surface area contributed by atoms with Crippen molar-refractivity contribution in [1.29, 1.82) is 0 Å². The molecular weight excluding hydrogens is 388 g/mol. The van der Waals surface area contributed by atoms with Gasteiger partial charge in [0.05, 0.1) is 18.7 Å². The molecule has 0 radical (unpaired) electrons. The minimum absolute atomic E-state index is 0.140. The van der Waals surface area contributed by atoms with Gasteiger partial charge >= 0.3 is 5.97 Å². The minimum Gasteiger partial charge on any atom is -0.491 e. The van der Waals surface area contributed by atoms with Gasteiger partial charge in [-0.3, -0.25) is 24.1 Å². The maximum atomic E-state index is 12.3. The predicted octanol–water partition coefficient (Wildman–Crippen LogP) is 1.86. The molecule has 1 aliphatic heterocycles. The van der Waals surface area contributed by atoms with Gasteiger partial charge in [0, 0.05) is 19.0 Å². The average molecular weight is 410 g/mol. The van der Waals surface area contributed by atoms with Gasteiger partial charge in [-0.15, -0.1) is 0 Å². The summed E-state index contributed by atoms with van der Waals surface area (Å²) in [6, 6.07) is 13.6. The van der Waals surface area contributed by atoms with E-state index >= 15 is 0 Å². The Balaban J connectivity index is 1.56. The zero-order valence-electron chi connectivity index (χ0n) is 16.6. The monoisotopic (exact) mass is 410 g/mol. The number of ketones is 1. The molecule has 2 aromatic rings. The molecule has 0 atom stereocenters. The Hall–Kier alpha value is -3.68. The summed E-state index contributed by atoms with van der Waals surface area (Å²) in [7, 11) is 0. The second-order valence-corrected chi connectivity index (χ2v) is 6.74. The van der Waals surface area contributed by atoms with Crippen molar-refractivity contribution in [3.8, 4) is 5.75 Å². The van der Waals surface area contributed by atoms with Gasteiger partial charge in [-0.1, -0.05) is 36.4 Å².